The Labute approximate surface area is 210 Å². The van der Waals surface area contributed by atoms with Crippen molar-refractivity contribution in [3.63, 3.8) is 0 Å². The van der Waals surface area contributed by atoms with Gasteiger partial charge < -0.3 is 28.4 Å². The third kappa shape index (κ3) is 3.64. The summed E-state index contributed by atoms with van der Waals surface area (Å²) in [6.45, 7) is 2.08. The van der Waals surface area contributed by atoms with E-state index in [1.165, 1.54) is 0 Å². The zero-order chi connectivity index (χ0) is 25.0. The maximum Gasteiger partial charge on any atom is 0.231 e. The van der Waals surface area contributed by atoms with Gasteiger partial charge in [0.1, 0.15) is 5.78 Å². The molecule has 4 heterocycles. The van der Waals surface area contributed by atoms with Crippen LogP contribution in [0.15, 0.2) is 12.1 Å². The SMILES string of the molecule is COc1c2c(cc3c1C(CC(=O)CC1c4c(cc5c(c4OC)OCO5)CCN1C)N(C)CC3)OCO2. The first-order chi connectivity index (χ1) is 17.5. The van der Waals surface area contributed by atoms with Crippen LogP contribution in [0.2, 0.25) is 0 Å². The number of ketones is 1. The van der Waals surface area contributed by atoms with Crippen LogP contribution in [0.4, 0.5) is 0 Å². The molecule has 6 rings (SSSR count). The van der Waals surface area contributed by atoms with E-state index < -0.39 is 0 Å². The Hall–Kier alpha value is -3.17. The van der Waals surface area contributed by atoms with Gasteiger partial charge in [0.05, 0.1) is 14.2 Å². The summed E-state index contributed by atoms with van der Waals surface area (Å²) in [6, 6.07) is 3.89. The first-order valence-electron chi connectivity index (χ1n) is 12.4. The van der Waals surface area contributed by atoms with Crippen molar-refractivity contribution in [1.29, 1.82) is 0 Å². The molecule has 9 nitrogen and oxygen atoms in total. The van der Waals surface area contributed by atoms with Crippen LogP contribution in [-0.2, 0) is 17.6 Å². The third-order valence-electron chi connectivity index (χ3n) is 7.94. The Balaban J connectivity index is 1.31. The second-order valence-electron chi connectivity index (χ2n) is 9.87. The number of hydrogen-bond donors (Lipinski definition) is 0. The topological polar surface area (TPSA) is 78.9 Å². The van der Waals surface area contributed by atoms with Gasteiger partial charge in [-0.1, -0.05) is 0 Å². The smallest absolute Gasteiger partial charge is 0.231 e. The summed E-state index contributed by atoms with van der Waals surface area (Å²) in [5.74, 6) is 4.23. The van der Waals surface area contributed by atoms with Crippen LogP contribution in [0.1, 0.15) is 47.2 Å². The number of hydrogen-bond acceptors (Lipinski definition) is 9. The molecule has 0 radical (unpaired) electrons. The van der Waals surface area contributed by atoms with Crippen LogP contribution in [0, 0.1) is 0 Å². The van der Waals surface area contributed by atoms with Crippen molar-refractivity contribution < 1.29 is 33.2 Å². The van der Waals surface area contributed by atoms with E-state index in [-0.39, 0.29) is 31.5 Å². The van der Waals surface area contributed by atoms with E-state index in [2.05, 4.69) is 23.9 Å². The summed E-state index contributed by atoms with van der Waals surface area (Å²) >= 11 is 0. The fourth-order valence-corrected chi connectivity index (χ4v) is 6.08. The molecule has 0 fully saturated rings. The van der Waals surface area contributed by atoms with Crippen LogP contribution in [0.5, 0.6) is 34.5 Å². The molecule has 2 aromatic rings. The Morgan fingerprint density at radius 2 is 1.25 bits per heavy atom. The Kier molecular flexibility index (Phi) is 5.84. The minimum absolute atomic E-state index is 0.0993. The van der Waals surface area contributed by atoms with Gasteiger partial charge in [-0.25, -0.2) is 0 Å². The number of ether oxygens (including phenoxy) is 6. The standard InChI is InChI=1S/C27H32N2O7/c1-28-7-5-15-9-20-24(35-13-33-20)26(31-3)22(15)18(28)11-17(30)12-19-23-16(6-8-29(19)2)10-21-25(27(23)32-4)36-14-34-21/h9-10,18-19H,5-8,11-14H2,1-4H3. The molecule has 0 spiro atoms. The normalized spacial score (nSPS) is 22.2. The molecular weight excluding hydrogens is 464 g/mol. The maximum atomic E-state index is 13.7. The first-order valence-corrected chi connectivity index (χ1v) is 12.4. The lowest BCUT2D eigenvalue weighted by atomic mass is 9.85. The van der Waals surface area contributed by atoms with Crippen LogP contribution >= 0.6 is 0 Å². The van der Waals surface area contributed by atoms with Gasteiger partial charge >= 0.3 is 0 Å². The highest BCUT2D eigenvalue weighted by molar-refractivity contribution is 5.81. The third-order valence-corrected chi connectivity index (χ3v) is 7.94. The Morgan fingerprint density at radius 1 is 0.806 bits per heavy atom. The van der Waals surface area contributed by atoms with E-state index in [4.69, 9.17) is 28.4 Å². The lowest BCUT2D eigenvalue weighted by Gasteiger charge is -2.37. The van der Waals surface area contributed by atoms with E-state index in [0.29, 0.717) is 47.3 Å². The van der Waals surface area contributed by atoms with Gasteiger partial charge in [-0.3, -0.25) is 14.6 Å². The fraction of sp³-hybridized carbons (Fsp3) is 0.519. The quantitative estimate of drug-likeness (QED) is 0.599. The zero-order valence-electron chi connectivity index (χ0n) is 21.2. The van der Waals surface area contributed by atoms with Crippen molar-refractivity contribution in [3.8, 4) is 34.5 Å². The van der Waals surface area contributed by atoms with Crippen LogP contribution in [-0.4, -0.2) is 70.6 Å². The average Bonchev–Trinajstić information content (AvgIpc) is 3.54. The van der Waals surface area contributed by atoms with E-state index in [1.54, 1.807) is 14.2 Å². The van der Waals surface area contributed by atoms with Crippen molar-refractivity contribution >= 4 is 5.78 Å². The molecule has 0 saturated heterocycles. The van der Waals surface area contributed by atoms with Crippen molar-refractivity contribution in [1.82, 2.24) is 9.80 Å². The number of methoxy groups -OCH3 is 2. The zero-order valence-corrected chi connectivity index (χ0v) is 21.2. The highest BCUT2D eigenvalue weighted by Gasteiger charge is 2.38. The molecule has 192 valence electrons. The number of benzene rings is 2. The average molecular weight is 497 g/mol. The summed E-state index contributed by atoms with van der Waals surface area (Å²) < 4.78 is 34.3. The molecule has 2 atom stereocenters. The number of fused-ring (bicyclic) bond motifs is 4. The number of Topliss-reactive ketones (excluding diaryl/α,β-unsaturated/α-hetero) is 1. The molecule has 0 N–H and O–H groups in total. The van der Waals surface area contributed by atoms with Gasteiger partial charge in [-0.2, -0.15) is 0 Å². The van der Waals surface area contributed by atoms with Gasteiger partial charge in [0.2, 0.25) is 25.1 Å². The minimum Gasteiger partial charge on any atom is -0.492 e. The Bertz CT molecular complexity index is 1120. The van der Waals surface area contributed by atoms with Gasteiger partial charge in [0.15, 0.2) is 23.0 Å². The van der Waals surface area contributed by atoms with Crippen LogP contribution in [0.25, 0.3) is 0 Å². The van der Waals surface area contributed by atoms with Crippen molar-refractivity contribution in [3.05, 3.63) is 34.4 Å². The monoisotopic (exact) mass is 496 g/mol. The molecule has 0 amide bonds. The molecule has 36 heavy (non-hydrogen) atoms. The van der Waals surface area contributed by atoms with Crippen LogP contribution < -0.4 is 28.4 Å². The molecule has 2 aromatic carbocycles. The van der Waals surface area contributed by atoms with Crippen molar-refractivity contribution in [2.24, 2.45) is 0 Å². The minimum atomic E-state index is -0.0993. The van der Waals surface area contributed by atoms with Crippen molar-refractivity contribution in [2.45, 2.75) is 37.8 Å². The molecule has 0 aliphatic carbocycles. The van der Waals surface area contributed by atoms with Gasteiger partial charge in [0.25, 0.3) is 0 Å². The second-order valence-corrected chi connectivity index (χ2v) is 9.87. The number of likely N-dealkylation sites (N-methyl/N-ethyl adjacent to an activating group) is 2. The van der Waals surface area contributed by atoms with E-state index in [9.17, 15) is 4.79 Å². The number of carbonyl (C=O) groups is 1. The molecular formula is C27H32N2O7. The molecule has 0 aromatic heterocycles. The van der Waals surface area contributed by atoms with Gasteiger partial charge in [-0.15, -0.1) is 0 Å². The summed E-state index contributed by atoms with van der Waals surface area (Å²) in [7, 11) is 7.43. The molecule has 4 aliphatic heterocycles. The summed E-state index contributed by atoms with van der Waals surface area (Å²) in [6.07, 6.45) is 2.50. The predicted molar refractivity (Wildman–Crippen MR) is 131 cm³/mol. The summed E-state index contributed by atoms with van der Waals surface area (Å²) in [5, 5.41) is 0. The van der Waals surface area contributed by atoms with Gasteiger partial charge in [-0.05, 0) is 50.2 Å². The predicted octanol–water partition coefficient (Wildman–Crippen LogP) is 3.27. The van der Waals surface area contributed by atoms with E-state index in [0.717, 1.165) is 48.2 Å². The highest BCUT2D eigenvalue weighted by atomic mass is 16.7. The van der Waals surface area contributed by atoms with E-state index >= 15 is 0 Å². The fourth-order valence-electron chi connectivity index (χ4n) is 6.08. The van der Waals surface area contributed by atoms with E-state index in [1.807, 2.05) is 12.1 Å². The molecule has 0 saturated carbocycles. The lowest BCUT2D eigenvalue weighted by molar-refractivity contribution is -0.121. The Morgan fingerprint density at radius 3 is 1.67 bits per heavy atom. The van der Waals surface area contributed by atoms with Crippen molar-refractivity contribution in [2.75, 3.05) is 55.0 Å². The number of rotatable bonds is 6. The van der Waals surface area contributed by atoms with Crippen LogP contribution in [0.3, 0.4) is 0 Å². The largest absolute Gasteiger partial charge is 0.492 e. The molecule has 0 bridgehead atoms. The first kappa shape index (κ1) is 23.2. The maximum absolute atomic E-state index is 13.7. The van der Waals surface area contributed by atoms with Gasteiger partial charge in [0, 0.05) is 49.1 Å². The molecule has 4 aliphatic rings. The number of nitrogens with zero attached hydrogens (tertiary/aromatic N) is 2. The summed E-state index contributed by atoms with van der Waals surface area (Å²) in [5.41, 5.74) is 4.37. The lowest BCUT2D eigenvalue weighted by Crippen LogP contribution is -2.36. The highest BCUT2D eigenvalue weighted by Crippen LogP contribution is 2.52. The summed E-state index contributed by atoms with van der Waals surface area (Å²) in [4.78, 5) is 18.2. The second kappa shape index (κ2) is 9.05. The molecule has 2 unspecified atom stereocenters. The molecule has 9 heteroatoms. The number of carbonyl (C=O) groups excluding carboxylic acids is 1.